The molecule has 90 valence electrons. The third-order valence-corrected chi connectivity index (χ3v) is 4.09. The molecule has 0 amide bonds. The third-order valence-electron chi connectivity index (χ3n) is 2.69. The third kappa shape index (κ3) is 3.66. The van der Waals surface area contributed by atoms with E-state index in [4.69, 9.17) is 0 Å². The Morgan fingerprint density at radius 3 is 2.82 bits per heavy atom. The summed E-state index contributed by atoms with van der Waals surface area (Å²) in [6.45, 7) is 2.04. The fourth-order valence-electron chi connectivity index (χ4n) is 1.86. The molecule has 2 rings (SSSR count). The van der Waals surface area contributed by atoms with E-state index in [0.29, 0.717) is 0 Å². The number of aliphatic hydroxyl groups is 1. The average Bonchev–Trinajstić information content (AvgIpc) is 2.77. The van der Waals surface area contributed by atoms with Crippen LogP contribution < -0.4 is 0 Å². The normalized spacial score (nSPS) is 12.6. The molecule has 1 unspecified atom stereocenters. The van der Waals surface area contributed by atoms with Crippen molar-refractivity contribution in [3.8, 4) is 0 Å². The van der Waals surface area contributed by atoms with Gasteiger partial charge in [0, 0.05) is 9.35 Å². The van der Waals surface area contributed by atoms with Crippen molar-refractivity contribution in [1.82, 2.24) is 0 Å². The van der Waals surface area contributed by atoms with Gasteiger partial charge in [-0.2, -0.15) is 0 Å². The molecule has 17 heavy (non-hydrogen) atoms. The van der Waals surface area contributed by atoms with Gasteiger partial charge in [0.25, 0.3) is 0 Å². The molecule has 0 spiro atoms. The number of aliphatic hydroxyl groups excluding tert-OH is 1. The molecule has 3 heteroatoms. The van der Waals surface area contributed by atoms with Gasteiger partial charge >= 0.3 is 0 Å². The SMILES string of the molecule is Cc1cc(Br)cc(C(O)CCc2cccs2)c1. The highest BCUT2D eigenvalue weighted by molar-refractivity contribution is 9.10. The first-order valence-corrected chi connectivity index (χ1v) is 7.30. The van der Waals surface area contributed by atoms with Crippen LogP contribution >= 0.6 is 27.3 Å². The Morgan fingerprint density at radius 1 is 1.35 bits per heavy atom. The second-order valence-corrected chi connectivity index (χ2v) is 6.14. The van der Waals surface area contributed by atoms with Crippen LogP contribution in [-0.2, 0) is 6.42 Å². The van der Waals surface area contributed by atoms with Gasteiger partial charge in [-0.05, 0) is 54.5 Å². The number of hydrogen-bond acceptors (Lipinski definition) is 2. The van der Waals surface area contributed by atoms with E-state index in [1.54, 1.807) is 11.3 Å². The standard InChI is InChI=1S/C14H15BrOS/c1-10-7-11(9-12(15)8-10)14(16)5-4-13-3-2-6-17-13/h2-3,6-9,14,16H,4-5H2,1H3. The minimum atomic E-state index is -0.381. The minimum Gasteiger partial charge on any atom is -0.388 e. The largest absolute Gasteiger partial charge is 0.388 e. The molecule has 0 fully saturated rings. The Bertz CT molecular complexity index is 459. The quantitative estimate of drug-likeness (QED) is 0.882. The number of aryl methyl sites for hydroxylation is 2. The highest BCUT2D eigenvalue weighted by atomic mass is 79.9. The molecule has 0 aliphatic heterocycles. The van der Waals surface area contributed by atoms with Crippen LogP contribution in [0.25, 0.3) is 0 Å². The summed E-state index contributed by atoms with van der Waals surface area (Å²) in [4.78, 5) is 1.33. The molecule has 0 saturated carbocycles. The molecule has 0 aliphatic rings. The summed E-state index contributed by atoms with van der Waals surface area (Å²) in [7, 11) is 0. The van der Waals surface area contributed by atoms with Crippen molar-refractivity contribution >= 4 is 27.3 Å². The van der Waals surface area contributed by atoms with Gasteiger partial charge in [-0.1, -0.05) is 28.1 Å². The molecule has 1 aromatic heterocycles. The lowest BCUT2D eigenvalue weighted by atomic mass is 10.0. The summed E-state index contributed by atoms with van der Waals surface area (Å²) in [5, 5.41) is 12.2. The zero-order valence-corrected chi connectivity index (χ0v) is 12.1. The van der Waals surface area contributed by atoms with Crippen LogP contribution in [0.15, 0.2) is 40.2 Å². The molecule has 0 bridgehead atoms. The monoisotopic (exact) mass is 310 g/mol. The number of benzene rings is 1. The molecule has 0 radical (unpaired) electrons. The van der Waals surface area contributed by atoms with Crippen molar-refractivity contribution in [2.45, 2.75) is 25.9 Å². The van der Waals surface area contributed by atoms with Gasteiger partial charge in [0.15, 0.2) is 0 Å². The first-order chi connectivity index (χ1) is 8.15. The molecule has 0 saturated heterocycles. The lowest BCUT2D eigenvalue weighted by Crippen LogP contribution is -1.99. The molecule has 1 aromatic carbocycles. The first kappa shape index (κ1) is 12.8. The predicted octanol–water partition coefficient (Wildman–Crippen LogP) is 4.49. The summed E-state index contributed by atoms with van der Waals surface area (Å²) >= 11 is 5.21. The van der Waals surface area contributed by atoms with Crippen LogP contribution in [0.5, 0.6) is 0 Å². The number of thiophene rings is 1. The zero-order chi connectivity index (χ0) is 12.3. The van der Waals surface area contributed by atoms with Gasteiger partial charge < -0.3 is 5.11 Å². The molecular formula is C14H15BrOS. The summed E-state index contributed by atoms with van der Waals surface area (Å²) in [6.07, 6.45) is 1.33. The summed E-state index contributed by atoms with van der Waals surface area (Å²) in [5.74, 6) is 0. The molecular weight excluding hydrogens is 296 g/mol. The van der Waals surface area contributed by atoms with Crippen LogP contribution in [0.1, 0.15) is 28.5 Å². The van der Waals surface area contributed by atoms with Crippen molar-refractivity contribution in [3.63, 3.8) is 0 Å². The van der Waals surface area contributed by atoms with Gasteiger partial charge in [-0.3, -0.25) is 0 Å². The van der Waals surface area contributed by atoms with E-state index >= 15 is 0 Å². The van der Waals surface area contributed by atoms with Crippen LogP contribution in [0.3, 0.4) is 0 Å². The van der Waals surface area contributed by atoms with E-state index in [9.17, 15) is 5.11 Å². The highest BCUT2D eigenvalue weighted by Crippen LogP contribution is 2.24. The number of halogens is 1. The molecule has 1 heterocycles. The van der Waals surface area contributed by atoms with Crippen LogP contribution in [0, 0.1) is 6.92 Å². The van der Waals surface area contributed by atoms with E-state index in [1.807, 2.05) is 19.1 Å². The smallest absolute Gasteiger partial charge is 0.0794 e. The Kier molecular flexibility index (Phi) is 4.37. The van der Waals surface area contributed by atoms with Gasteiger partial charge in [-0.25, -0.2) is 0 Å². The summed E-state index contributed by atoms with van der Waals surface area (Å²) in [5.41, 5.74) is 2.16. The maximum atomic E-state index is 10.2. The zero-order valence-electron chi connectivity index (χ0n) is 9.69. The summed E-state index contributed by atoms with van der Waals surface area (Å²) in [6, 6.07) is 10.3. The van der Waals surface area contributed by atoms with Crippen molar-refractivity contribution in [2.75, 3.05) is 0 Å². The fourth-order valence-corrected chi connectivity index (χ4v) is 3.21. The lowest BCUT2D eigenvalue weighted by Gasteiger charge is -2.11. The molecule has 2 aromatic rings. The highest BCUT2D eigenvalue weighted by Gasteiger charge is 2.09. The van der Waals surface area contributed by atoms with Gasteiger partial charge in [0.2, 0.25) is 0 Å². The van der Waals surface area contributed by atoms with Crippen LogP contribution in [-0.4, -0.2) is 5.11 Å². The van der Waals surface area contributed by atoms with E-state index in [1.165, 1.54) is 10.4 Å². The predicted molar refractivity (Wildman–Crippen MR) is 76.5 cm³/mol. The van der Waals surface area contributed by atoms with E-state index < -0.39 is 0 Å². The van der Waals surface area contributed by atoms with E-state index in [0.717, 1.165) is 22.9 Å². The Labute approximate surface area is 114 Å². The van der Waals surface area contributed by atoms with Crippen molar-refractivity contribution in [2.24, 2.45) is 0 Å². The van der Waals surface area contributed by atoms with Crippen LogP contribution in [0.2, 0.25) is 0 Å². The van der Waals surface area contributed by atoms with E-state index in [-0.39, 0.29) is 6.10 Å². The second kappa shape index (κ2) is 5.80. The van der Waals surface area contributed by atoms with Gasteiger partial charge in [0.05, 0.1) is 6.10 Å². The maximum Gasteiger partial charge on any atom is 0.0794 e. The minimum absolute atomic E-state index is 0.381. The van der Waals surface area contributed by atoms with Crippen molar-refractivity contribution < 1.29 is 5.11 Å². The lowest BCUT2D eigenvalue weighted by molar-refractivity contribution is 0.168. The molecule has 1 atom stereocenters. The summed E-state index contributed by atoms with van der Waals surface area (Å²) < 4.78 is 1.03. The van der Waals surface area contributed by atoms with E-state index in [2.05, 4.69) is 39.5 Å². The molecule has 1 nitrogen and oxygen atoms in total. The Balaban J connectivity index is 2.01. The number of rotatable bonds is 4. The van der Waals surface area contributed by atoms with Crippen molar-refractivity contribution in [3.05, 3.63) is 56.2 Å². The van der Waals surface area contributed by atoms with Crippen molar-refractivity contribution in [1.29, 1.82) is 0 Å². The van der Waals surface area contributed by atoms with Gasteiger partial charge in [-0.15, -0.1) is 11.3 Å². The average molecular weight is 311 g/mol. The Morgan fingerprint density at radius 2 is 2.18 bits per heavy atom. The fraction of sp³-hybridized carbons (Fsp3) is 0.286. The first-order valence-electron chi connectivity index (χ1n) is 5.62. The maximum absolute atomic E-state index is 10.2. The molecule has 0 aliphatic carbocycles. The number of hydrogen-bond donors (Lipinski definition) is 1. The van der Waals surface area contributed by atoms with Crippen LogP contribution in [0.4, 0.5) is 0 Å². The molecule has 1 N–H and O–H groups in total. The second-order valence-electron chi connectivity index (χ2n) is 4.20. The topological polar surface area (TPSA) is 20.2 Å². The van der Waals surface area contributed by atoms with Gasteiger partial charge in [0.1, 0.15) is 0 Å². The Hall–Kier alpha value is -0.640.